The smallest absolute Gasteiger partial charge is 0.267 e. The summed E-state index contributed by atoms with van der Waals surface area (Å²) in [6.45, 7) is 0.475. The van der Waals surface area contributed by atoms with Crippen LogP contribution in [0.3, 0.4) is 0 Å². The van der Waals surface area contributed by atoms with E-state index >= 15 is 0 Å². The summed E-state index contributed by atoms with van der Waals surface area (Å²) in [5.74, 6) is 5.07. The maximum atomic E-state index is 12.1. The van der Waals surface area contributed by atoms with Crippen LogP contribution in [0.15, 0.2) is 24.3 Å². The lowest BCUT2D eigenvalue weighted by atomic mass is 10.0. The number of hydrogen-bond acceptors (Lipinski definition) is 5. The van der Waals surface area contributed by atoms with Crippen LogP contribution in [0.2, 0.25) is 0 Å². The van der Waals surface area contributed by atoms with Gasteiger partial charge in [0.1, 0.15) is 5.69 Å². The molecule has 0 saturated carbocycles. The number of carbonyl (C=O) groups is 2. The first-order valence-corrected chi connectivity index (χ1v) is 9.18. The molecule has 1 atom stereocenters. The number of carbonyl (C=O) groups excluding carboxylic acids is 2. The summed E-state index contributed by atoms with van der Waals surface area (Å²) >= 11 is 0. The fraction of sp³-hybridized carbons (Fsp3) is 0.333. The topological polar surface area (TPSA) is 109 Å². The third-order valence-electron chi connectivity index (χ3n) is 5.21. The van der Waals surface area contributed by atoms with Crippen LogP contribution in [-0.2, 0) is 17.6 Å². The van der Waals surface area contributed by atoms with Crippen LogP contribution < -0.4 is 5.73 Å². The second-order valence-corrected chi connectivity index (χ2v) is 7.21. The third kappa shape index (κ3) is 3.12. The fourth-order valence-corrected chi connectivity index (χ4v) is 3.65. The maximum absolute atomic E-state index is 12.1. The summed E-state index contributed by atoms with van der Waals surface area (Å²) in [5.41, 5.74) is 7.17. The SMILES string of the molecule is CN1CCC(O)(C#Cc2cccc(-c3nc4c(c(C(N)=O)n3)CCC4)c2)C1=O. The molecule has 1 fully saturated rings. The molecular formula is C21H20N4O3. The summed E-state index contributed by atoms with van der Waals surface area (Å²) in [7, 11) is 1.64. The molecule has 1 aromatic heterocycles. The first kappa shape index (κ1) is 18.1. The molecule has 1 unspecified atom stereocenters. The molecule has 1 aliphatic heterocycles. The number of fused-ring (bicyclic) bond motifs is 1. The number of nitrogens with zero attached hydrogens (tertiary/aromatic N) is 3. The average molecular weight is 376 g/mol. The number of primary amides is 1. The monoisotopic (exact) mass is 376 g/mol. The molecule has 0 bridgehead atoms. The Hall–Kier alpha value is -3.24. The molecule has 2 heterocycles. The lowest BCUT2D eigenvalue weighted by Gasteiger charge is -2.13. The van der Waals surface area contributed by atoms with E-state index in [1.807, 2.05) is 6.07 Å². The van der Waals surface area contributed by atoms with Crippen molar-refractivity contribution in [2.75, 3.05) is 13.6 Å². The van der Waals surface area contributed by atoms with Crippen LogP contribution >= 0.6 is 0 Å². The lowest BCUT2D eigenvalue weighted by Crippen LogP contribution is -2.37. The molecule has 0 radical (unpaired) electrons. The number of aromatic nitrogens is 2. The van der Waals surface area contributed by atoms with E-state index in [9.17, 15) is 14.7 Å². The zero-order valence-electron chi connectivity index (χ0n) is 15.5. The van der Waals surface area contributed by atoms with E-state index in [0.717, 1.165) is 30.5 Å². The number of likely N-dealkylation sites (tertiary alicyclic amines) is 1. The van der Waals surface area contributed by atoms with E-state index in [-0.39, 0.29) is 18.0 Å². The minimum absolute atomic E-state index is 0.280. The average Bonchev–Trinajstić information content (AvgIpc) is 3.26. The van der Waals surface area contributed by atoms with Gasteiger partial charge in [-0.25, -0.2) is 9.97 Å². The predicted octanol–water partition coefficient (Wildman–Crippen LogP) is 0.676. The van der Waals surface area contributed by atoms with Gasteiger partial charge in [-0.1, -0.05) is 24.0 Å². The van der Waals surface area contributed by atoms with Crippen LogP contribution in [0.5, 0.6) is 0 Å². The Morgan fingerprint density at radius 1 is 1.32 bits per heavy atom. The normalized spacial score (nSPS) is 20.6. The lowest BCUT2D eigenvalue weighted by molar-refractivity contribution is -0.137. The van der Waals surface area contributed by atoms with Gasteiger partial charge in [0.25, 0.3) is 11.8 Å². The van der Waals surface area contributed by atoms with E-state index < -0.39 is 11.5 Å². The molecular weight excluding hydrogens is 356 g/mol. The van der Waals surface area contributed by atoms with E-state index in [0.29, 0.717) is 23.5 Å². The van der Waals surface area contributed by atoms with Gasteiger partial charge in [-0.3, -0.25) is 9.59 Å². The van der Waals surface area contributed by atoms with E-state index in [2.05, 4.69) is 21.8 Å². The van der Waals surface area contributed by atoms with Gasteiger partial charge in [-0.15, -0.1) is 0 Å². The number of benzene rings is 1. The van der Waals surface area contributed by atoms with Crippen molar-refractivity contribution in [1.29, 1.82) is 0 Å². The van der Waals surface area contributed by atoms with Crippen LogP contribution in [0.1, 0.15) is 40.2 Å². The highest BCUT2D eigenvalue weighted by atomic mass is 16.3. The molecule has 1 aromatic carbocycles. The highest BCUT2D eigenvalue weighted by molar-refractivity contribution is 5.93. The molecule has 1 aliphatic carbocycles. The number of amides is 2. The largest absolute Gasteiger partial charge is 0.369 e. The number of hydrogen-bond donors (Lipinski definition) is 2. The quantitative estimate of drug-likeness (QED) is 0.749. The van der Waals surface area contributed by atoms with Crippen molar-refractivity contribution in [3.8, 4) is 23.2 Å². The van der Waals surface area contributed by atoms with Crippen molar-refractivity contribution in [1.82, 2.24) is 14.9 Å². The first-order valence-electron chi connectivity index (χ1n) is 9.18. The molecule has 2 aromatic rings. The molecule has 3 N–H and O–H groups in total. The van der Waals surface area contributed by atoms with Gasteiger partial charge in [-0.2, -0.15) is 0 Å². The first-order chi connectivity index (χ1) is 13.4. The number of nitrogens with two attached hydrogens (primary N) is 1. The van der Waals surface area contributed by atoms with Crippen LogP contribution in [0.25, 0.3) is 11.4 Å². The van der Waals surface area contributed by atoms with Gasteiger partial charge >= 0.3 is 0 Å². The molecule has 0 spiro atoms. The molecule has 2 aliphatic rings. The summed E-state index contributed by atoms with van der Waals surface area (Å²) in [6, 6.07) is 7.19. The van der Waals surface area contributed by atoms with E-state index in [1.54, 1.807) is 25.2 Å². The summed E-state index contributed by atoms with van der Waals surface area (Å²) in [5, 5.41) is 10.4. The van der Waals surface area contributed by atoms with Crippen molar-refractivity contribution in [3.05, 3.63) is 46.8 Å². The van der Waals surface area contributed by atoms with Gasteiger partial charge in [0, 0.05) is 42.4 Å². The second-order valence-electron chi connectivity index (χ2n) is 7.21. The number of aryl methyl sites for hydroxylation is 1. The second kappa shape index (κ2) is 6.73. The van der Waals surface area contributed by atoms with Crippen LogP contribution in [-0.4, -0.2) is 51.0 Å². The fourth-order valence-electron chi connectivity index (χ4n) is 3.65. The minimum Gasteiger partial charge on any atom is -0.369 e. The van der Waals surface area contributed by atoms with Gasteiger partial charge in [0.05, 0.1) is 0 Å². The molecule has 2 amide bonds. The van der Waals surface area contributed by atoms with Crippen molar-refractivity contribution in [2.45, 2.75) is 31.3 Å². The minimum atomic E-state index is -1.64. The molecule has 7 heteroatoms. The van der Waals surface area contributed by atoms with Crippen molar-refractivity contribution >= 4 is 11.8 Å². The Morgan fingerprint density at radius 3 is 2.86 bits per heavy atom. The Kier molecular flexibility index (Phi) is 4.36. The maximum Gasteiger partial charge on any atom is 0.267 e. The van der Waals surface area contributed by atoms with Crippen molar-refractivity contribution in [2.24, 2.45) is 5.73 Å². The molecule has 1 saturated heterocycles. The summed E-state index contributed by atoms with van der Waals surface area (Å²) < 4.78 is 0. The summed E-state index contributed by atoms with van der Waals surface area (Å²) in [6.07, 6.45) is 2.78. The van der Waals surface area contributed by atoms with Gasteiger partial charge < -0.3 is 15.7 Å². The Balaban J connectivity index is 1.70. The molecule has 7 nitrogen and oxygen atoms in total. The highest BCUT2D eigenvalue weighted by Crippen LogP contribution is 2.26. The van der Waals surface area contributed by atoms with Crippen molar-refractivity contribution in [3.63, 3.8) is 0 Å². The molecule has 142 valence electrons. The van der Waals surface area contributed by atoms with E-state index in [1.165, 1.54) is 4.90 Å². The molecule has 28 heavy (non-hydrogen) atoms. The predicted molar refractivity (Wildman–Crippen MR) is 102 cm³/mol. The Labute approximate surface area is 162 Å². The van der Waals surface area contributed by atoms with Gasteiger partial charge in [0.15, 0.2) is 5.82 Å². The molecule has 4 rings (SSSR count). The third-order valence-corrected chi connectivity index (χ3v) is 5.21. The number of rotatable bonds is 2. The van der Waals surface area contributed by atoms with E-state index in [4.69, 9.17) is 5.73 Å². The van der Waals surface area contributed by atoms with Gasteiger partial charge in [0.2, 0.25) is 5.60 Å². The standard InChI is InChI=1S/C21H20N4O3/c1-25-11-10-21(28,20(25)27)9-8-13-4-2-5-14(12-13)19-23-16-7-3-6-15(16)17(24-19)18(22)26/h2,4-5,12,28H,3,6-7,10-11H2,1H3,(H2,22,26). The van der Waals surface area contributed by atoms with Crippen molar-refractivity contribution < 1.29 is 14.7 Å². The van der Waals surface area contributed by atoms with Crippen LogP contribution in [0, 0.1) is 11.8 Å². The Morgan fingerprint density at radius 2 is 2.14 bits per heavy atom. The highest BCUT2D eigenvalue weighted by Gasteiger charge is 2.42. The number of likely N-dealkylation sites (N-methyl/N-ethyl adjacent to an activating group) is 1. The van der Waals surface area contributed by atoms with Crippen LogP contribution in [0.4, 0.5) is 0 Å². The Bertz CT molecular complexity index is 1050. The zero-order valence-corrected chi connectivity index (χ0v) is 15.5. The number of aliphatic hydroxyl groups is 1. The van der Waals surface area contributed by atoms with Gasteiger partial charge in [-0.05, 0) is 31.4 Å². The zero-order chi connectivity index (χ0) is 19.9. The summed E-state index contributed by atoms with van der Waals surface area (Å²) in [4.78, 5) is 34.3.